The normalized spacial score (nSPS) is 26.6. The number of amides is 1. The predicted molar refractivity (Wildman–Crippen MR) is 54.8 cm³/mol. The summed E-state index contributed by atoms with van der Waals surface area (Å²) in [5, 5.41) is 2.53. The molecule has 0 aromatic heterocycles. The lowest BCUT2D eigenvalue weighted by molar-refractivity contribution is -0.120. The van der Waals surface area contributed by atoms with Crippen molar-refractivity contribution in [2.75, 3.05) is 0 Å². The molecule has 1 aliphatic carbocycles. The molecular weight excluding hydrogens is 186 g/mol. The highest BCUT2D eigenvalue weighted by Crippen LogP contribution is 2.62. The van der Waals surface area contributed by atoms with Crippen molar-refractivity contribution in [1.29, 1.82) is 0 Å². The molecule has 1 fully saturated rings. The van der Waals surface area contributed by atoms with Gasteiger partial charge in [0.1, 0.15) is 5.38 Å². The third kappa shape index (κ3) is 1.56. The molecule has 0 spiro atoms. The lowest BCUT2D eigenvalue weighted by atomic mass is 10.0. The van der Waals surface area contributed by atoms with E-state index in [4.69, 9.17) is 11.6 Å². The minimum atomic E-state index is -0.438. The third-order valence-corrected chi connectivity index (χ3v) is 3.87. The van der Waals surface area contributed by atoms with Gasteiger partial charge in [0.25, 0.3) is 0 Å². The van der Waals surface area contributed by atoms with E-state index in [1.165, 1.54) is 0 Å². The molecule has 0 bridgehead atoms. The number of halogens is 1. The van der Waals surface area contributed by atoms with E-state index in [1.807, 2.05) is 0 Å². The van der Waals surface area contributed by atoms with E-state index in [0.717, 1.165) is 0 Å². The Bertz CT molecular complexity index is 219. The van der Waals surface area contributed by atoms with E-state index in [1.54, 1.807) is 6.92 Å². The zero-order valence-electron chi connectivity index (χ0n) is 8.94. The molecule has 0 heterocycles. The fourth-order valence-electron chi connectivity index (χ4n) is 1.81. The molecule has 0 radical (unpaired) electrons. The Kier molecular flexibility index (Phi) is 2.40. The lowest BCUT2D eigenvalue weighted by Gasteiger charge is -2.07. The van der Waals surface area contributed by atoms with Crippen LogP contribution in [-0.4, -0.2) is 17.3 Å². The molecule has 0 aromatic rings. The molecule has 76 valence electrons. The van der Waals surface area contributed by atoms with Crippen LogP contribution in [-0.2, 0) is 4.79 Å². The van der Waals surface area contributed by atoms with Gasteiger partial charge in [-0.05, 0) is 17.8 Å². The standard InChI is InChI=1S/C10H18ClNO/c1-6(11)7(13)12-8-9(2,3)10(8,4)5/h6,8H,1-5H3,(H,12,13). The van der Waals surface area contributed by atoms with Gasteiger partial charge in [-0.25, -0.2) is 0 Å². The Labute approximate surface area is 85.0 Å². The highest BCUT2D eigenvalue weighted by molar-refractivity contribution is 6.30. The van der Waals surface area contributed by atoms with Crippen molar-refractivity contribution in [3.05, 3.63) is 0 Å². The van der Waals surface area contributed by atoms with Crippen LogP contribution in [0.25, 0.3) is 0 Å². The van der Waals surface area contributed by atoms with Crippen LogP contribution in [0.15, 0.2) is 0 Å². The maximum Gasteiger partial charge on any atom is 0.238 e. The Morgan fingerprint density at radius 1 is 1.31 bits per heavy atom. The molecule has 1 aliphatic rings. The first-order valence-electron chi connectivity index (χ1n) is 4.65. The van der Waals surface area contributed by atoms with E-state index in [-0.39, 0.29) is 22.8 Å². The van der Waals surface area contributed by atoms with Crippen LogP contribution < -0.4 is 5.32 Å². The third-order valence-electron chi connectivity index (χ3n) is 3.67. The van der Waals surface area contributed by atoms with Crippen LogP contribution in [0, 0.1) is 10.8 Å². The first-order chi connectivity index (χ1) is 5.71. The van der Waals surface area contributed by atoms with Crippen molar-refractivity contribution in [3.63, 3.8) is 0 Å². The molecule has 1 rings (SSSR count). The lowest BCUT2D eigenvalue weighted by Crippen LogP contribution is -2.34. The van der Waals surface area contributed by atoms with Crippen LogP contribution in [0.2, 0.25) is 0 Å². The van der Waals surface area contributed by atoms with Crippen LogP contribution in [0.4, 0.5) is 0 Å². The van der Waals surface area contributed by atoms with Gasteiger partial charge in [0.05, 0.1) is 0 Å². The zero-order valence-corrected chi connectivity index (χ0v) is 9.70. The fraction of sp³-hybridized carbons (Fsp3) is 0.900. The fourth-order valence-corrected chi connectivity index (χ4v) is 1.88. The van der Waals surface area contributed by atoms with Crippen LogP contribution in [0.5, 0.6) is 0 Å². The van der Waals surface area contributed by atoms with Crippen LogP contribution >= 0.6 is 11.6 Å². The minimum absolute atomic E-state index is 0.0645. The molecule has 0 aliphatic heterocycles. The van der Waals surface area contributed by atoms with Gasteiger partial charge in [-0.15, -0.1) is 11.6 Å². The topological polar surface area (TPSA) is 29.1 Å². The summed E-state index contributed by atoms with van der Waals surface area (Å²) >= 11 is 5.67. The average molecular weight is 204 g/mol. The van der Waals surface area contributed by atoms with E-state index in [2.05, 4.69) is 33.0 Å². The minimum Gasteiger partial charge on any atom is -0.351 e. The summed E-state index contributed by atoms with van der Waals surface area (Å²) < 4.78 is 0. The van der Waals surface area contributed by atoms with Crippen molar-refractivity contribution in [2.24, 2.45) is 10.8 Å². The quantitative estimate of drug-likeness (QED) is 0.685. The summed E-state index contributed by atoms with van der Waals surface area (Å²) in [6.45, 7) is 10.3. The Morgan fingerprint density at radius 2 is 1.69 bits per heavy atom. The van der Waals surface area contributed by atoms with E-state index < -0.39 is 5.38 Å². The van der Waals surface area contributed by atoms with Crippen molar-refractivity contribution in [3.8, 4) is 0 Å². The number of carbonyl (C=O) groups excluding carboxylic acids is 1. The number of nitrogens with one attached hydrogen (secondary N) is 1. The van der Waals surface area contributed by atoms with Gasteiger partial charge in [0.2, 0.25) is 5.91 Å². The van der Waals surface area contributed by atoms with Crippen molar-refractivity contribution < 1.29 is 4.79 Å². The Balaban J connectivity index is 2.56. The molecule has 13 heavy (non-hydrogen) atoms. The molecule has 1 amide bonds. The number of carbonyl (C=O) groups is 1. The highest BCUT2D eigenvalue weighted by Gasteiger charge is 2.65. The second-order valence-corrected chi connectivity index (χ2v) is 5.66. The summed E-state index contributed by atoms with van der Waals surface area (Å²) in [4.78, 5) is 11.3. The van der Waals surface area contributed by atoms with Gasteiger partial charge in [-0.1, -0.05) is 27.7 Å². The molecule has 1 saturated carbocycles. The van der Waals surface area contributed by atoms with Gasteiger partial charge < -0.3 is 5.32 Å². The summed E-state index contributed by atoms with van der Waals surface area (Å²) in [5.41, 5.74) is 0.378. The predicted octanol–water partition coefficient (Wildman–Crippen LogP) is 2.16. The van der Waals surface area contributed by atoms with Crippen LogP contribution in [0.3, 0.4) is 0 Å². The average Bonchev–Trinajstić information content (AvgIpc) is 2.32. The van der Waals surface area contributed by atoms with E-state index >= 15 is 0 Å². The molecule has 1 atom stereocenters. The molecule has 0 saturated heterocycles. The van der Waals surface area contributed by atoms with E-state index in [9.17, 15) is 4.79 Å². The van der Waals surface area contributed by atoms with Gasteiger partial charge in [0, 0.05) is 6.04 Å². The summed E-state index contributed by atoms with van der Waals surface area (Å²) in [7, 11) is 0. The van der Waals surface area contributed by atoms with Crippen LogP contribution in [0.1, 0.15) is 34.6 Å². The Hall–Kier alpha value is -0.240. The maximum absolute atomic E-state index is 11.3. The molecule has 1 N–H and O–H groups in total. The van der Waals surface area contributed by atoms with Crippen molar-refractivity contribution in [1.82, 2.24) is 5.32 Å². The van der Waals surface area contributed by atoms with Crippen molar-refractivity contribution in [2.45, 2.75) is 46.0 Å². The smallest absolute Gasteiger partial charge is 0.238 e. The number of alkyl halides is 1. The second-order valence-electron chi connectivity index (χ2n) is 5.00. The van der Waals surface area contributed by atoms with Gasteiger partial charge in [-0.2, -0.15) is 0 Å². The zero-order chi connectivity index (χ0) is 10.4. The summed E-state index contributed by atoms with van der Waals surface area (Å²) in [6, 6.07) is 0.258. The highest BCUT2D eigenvalue weighted by atomic mass is 35.5. The molecule has 2 nitrogen and oxygen atoms in total. The van der Waals surface area contributed by atoms with Gasteiger partial charge in [-0.3, -0.25) is 4.79 Å². The van der Waals surface area contributed by atoms with Crippen molar-refractivity contribution >= 4 is 17.5 Å². The Morgan fingerprint density at radius 3 is 1.92 bits per heavy atom. The first kappa shape index (κ1) is 10.8. The largest absolute Gasteiger partial charge is 0.351 e. The maximum atomic E-state index is 11.3. The molecular formula is C10H18ClNO. The van der Waals surface area contributed by atoms with Gasteiger partial charge >= 0.3 is 0 Å². The molecule has 3 heteroatoms. The number of hydrogen-bond donors (Lipinski definition) is 1. The number of rotatable bonds is 2. The SMILES string of the molecule is CC(Cl)C(=O)NC1C(C)(C)C1(C)C. The monoisotopic (exact) mass is 203 g/mol. The van der Waals surface area contributed by atoms with Gasteiger partial charge in [0.15, 0.2) is 0 Å². The molecule has 1 unspecified atom stereocenters. The molecule has 0 aromatic carbocycles. The second kappa shape index (κ2) is 2.88. The number of hydrogen-bond acceptors (Lipinski definition) is 1. The van der Waals surface area contributed by atoms with E-state index in [0.29, 0.717) is 0 Å². The summed E-state index contributed by atoms with van der Waals surface area (Å²) in [5.74, 6) is -0.0645. The summed E-state index contributed by atoms with van der Waals surface area (Å²) in [6.07, 6.45) is 0. The first-order valence-corrected chi connectivity index (χ1v) is 5.09.